The van der Waals surface area contributed by atoms with Gasteiger partial charge in [0.15, 0.2) is 0 Å². The van der Waals surface area contributed by atoms with Crippen LogP contribution < -0.4 is 5.32 Å². The fourth-order valence-electron chi connectivity index (χ4n) is 0.256. The summed E-state index contributed by atoms with van der Waals surface area (Å²) in [6, 6.07) is 0. The van der Waals surface area contributed by atoms with E-state index < -0.39 is 0 Å². The molecule has 52 valence electrons. The summed E-state index contributed by atoms with van der Waals surface area (Å²) in [5, 5.41) is 2.73. The molecule has 0 saturated carbocycles. The lowest BCUT2D eigenvalue weighted by molar-refractivity contribution is -0.107. The number of hydrogen-bond acceptors (Lipinski definition) is 3. The number of thioether (sulfide) groups is 1. The van der Waals surface area contributed by atoms with Crippen LogP contribution in [-0.2, 0) is 4.79 Å². The molecule has 0 heterocycles. The summed E-state index contributed by atoms with van der Waals surface area (Å²) in [6.07, 6.45) is 0.869. The Hall–Kier alpha value is -0.0900. The van der Waals surface area contributed by atoms with E-state index in [0.717, 1.165) is 6.29 Å². The smallest absolute Gasteiger partial charge is 0.134 e. The van der Waals surface area contributed by atoms with Gasteiger partial charge in [-0.15, -0.1) is 0 Å². The van der Waals surface area contributed by atoms with Crippen molar-refractivity contribution in [2.24, 2.45) is 0 Å². The second kappa shape index (κ2) is 4.76. The first-order valence-electron chi connectivity index (χ1n) is 2.54. The average molecular weight is 163 g/mol. The van der Waals surface area contributed by atoms with Crippen molar-refractivity contribution in [1.82, 2.24) is 5.32 Å². The average Bonchev–Trinajstić information content (AvgIpc) is 1.87. The third-order valence-corrected chi connectivity index (χ3v) is 2.08. The van der Waals surface area contributed by atoms with Crippen molar-refractivity contribution in [1.29, 1.82) is 0 Å². The van der Waals surface area contributed by atoms with Crippen LogP contribution in [0.5, 0.6) is 0 Å². The lowest BCUT2D eigenvalue weighted by Crippen LogP contribution is -2.14. The van der Waals surface area contributed by atoms with Crippen molar-refractivity contribution in [3.8, 4) is 0 Å². The molecule has 4 heteroatoms. The number of hydrogen-bond donors (Lipinski definition) is 1. The van der Waals surface area contributed by atoms with Crippen molar-refractivity contribution in [3.63, 3.8) is 0 Å². The van der Waals surface area contributed by atoms with E-state index in [-0.39, 0.29) is 5.25 Å². The van der Waals surface area contributed by atoms with Crippen LogP contribution in [0.25, 0.3) is 0 Å². The molecule has 2 nitrogen and oxygen atoms in total. The van der Waals surface area contributed by atoms with Crippen LogP contribution in [0.2, 0.25) is 0 Å². The quantitative estimate of drug-likeness (QED) is 0.482. The van der Waals surface area contributed by atoms with Crippen molar-refractivity contribution in [2.75, 3.05) is 7.05 Å². The maximum absolute atomic E-state index is 10.0. The monoisotopic (exact) mass is 163 g/mol. The van der Waals surface area contributed by atoms with Crippen molar-refractivity contribution >= 4 is 34.6 Å². The molecule has 0 aliphatic rings. The Morgan fingerprint density at radius 2 is 2.44 bits per heavy atom. The number of carbonyl (C=O) groups excluding carboxylic acids is 1. The van der Waals surface area contributed by atoms with Gasteiger partial charge >= 0.3 is 0 Å². The first kappa shape index (κ1) is 8.91. The Balaban J connectivity index is 3.46. The minimum Gasteiger partial charge on any atom is -0.374 e. The Kier molecular flexibility index (Phi) is 4.71. The van der Waals surface area contributed by atoms with E-state index in [1.54, 1.807) is 14.0 Å². The fourth-order valence-corrected chi connectivity index (χ4v) is 1.22. The van der Waals surface area contributed by atoms with E-state index in [1.807, 2.05) is 0 Å². The van der Waals surface area contributed by atoms with E-state index in [2.05, 4.69) is 5.32 Å². The summed E-state index contributed by atoms with van der Waals surface area (Å²) in [5.74, 6) is 0. The number of rotatable bonds is 2. The van der Waals surface area contributed by atoms with E-state index in [1.165, 1.54) is 11.8 Å². The standard InChI is InChI=1S/C5H9NOS2/c1-4(3-7)9-5(8)6-2/h3-4H,1-2H3,(H,6,8). The van der Waals surface area contributed by atoms with E-state index in [4.69, 9.17) is 12.2 Å². The molecule has 1 N–H and O–H groups in total. The van der Waals surface area contributed by atoms with Crippen LogP contribution in [0.4, 0.5) is 0 Å². The molecule has 1 atom stereocenters. The lowest BCUT2D eigenvalue weighted by atomic mass is 10.5. The molecule has 1 unspecified atom stereocenters. The molecule has 0 spiro atoms. The molecule has 0 radical (unpaired) electrons. The first-order chi connectivity index (χ1) is 4.20. The zero-order valence-corrected chi connectivity index (χ0v) is 7.01. The van der Waals surface area contributed by atoms with Crippen LogP contribution in [0.3, 0.4) is 0 Å². The molecule has 0 aliphatic heterocycles. The number of thiocarbonyl (C=S) groups is 1. The van der Waals surface area contributed by atoms with Gasteiger partial charge in [0.25, 0.3) is 0 Å². The van der Waals surface area contributed by atoms with Gasteiger partial charge in [0.05, 0.1) is 5.25 Å². The molecule has 0 aromatic carbocycles. The molecule has 9 heavy (non-hydrogen) atoms. The summed E-state index contributed by atoms with van der Waals surface area (Å²) in [4.78, 5) is 10.0. The molecule has 0 aromatic rings. The summed E-state index contributed by atoms with van der Waals surface area (Å²) in [7, 11) is 1.74. The van der Waals surface area contributed by atoms with E-state index in [9.17, 15) is 4.79 Å². The van der Waals surface area contributed by atoms with Gasteiger partial charge in [-0.2, -0.15) is 0 Å². The molecule has 0 rings (SSSR count). The largest absolute Gasteiger partial charge is 0.374 e. The second-order valence-corrected chi connectivity index (χ2v) is 3.55. The van der Waals surface area contributed by atoms with E-state index >= 15 is 0 Å². The van der Waals surface area contributed by atoms with Crippen molar-refractivity contribution < 1.29 is 4.79 Å². The summed E-state index contributed by atoms with van der Waals surface area (Å²) >= 11 is 6.14. The second-order valence-electron chi connectivity index (χ2n) is 1.50. The van der Waals surface area contributed by atoms with Crippen LogP contribution in [0.15, 0.2) is 0 Å². The molecular formula is C5H9NOS2. The fraction of sp³-hybridized carbons (Fsp3) is 0.600. The minimum atomic E-state index is -0.0371. The van der Waals surface area contributed by atoms with Gasteiger partial charge in [-0.1, -0.05) is 24.0 Å². The molecular weight excluding hydrogens is 154 g/mol. The topological polar surface area (TPSA) is 29.1 Å². The van der Waals surface area contributed by atoms with Gasteiger partial charge < -0.3 is 10.1 Å². The maximum Gasteiger partial charge on any atom is 0.134 e. The number of aldehydes is 1. The van der Waals surface area contributed by atoms with Gasteiger partial charge in [0, 0.05) is 7.05 Å². The Morgan fingerprint density at radius 1 is 1.89 bits per heavy atom. The normalized spacial score (nSPS) is 12.2. The van der Waals surface area contributed by atoms with Crippen LogP contribution in [0, 0.1) is 0 Å². The Labute approximate surface area is 64.4 Å². The predicted molar refractivity (Wildman–Crippen MR) is 44.8 cm³/mol. The summed E-state index contributed by atoms with van der Waals surface area (Å²) in [6.45, 7) is 1.81. The zero-order chi connectivity index (χ0) is 7.28. The lowest BCUT2D eigenvalue weighted by Gasteiger charge is -2.02. The third kappa shape index (κ3) is 4.42. The van der Waals surface area contributed by atoms with Gasteiger partial charge in [0.1, 0.15) is 10.6 Å². The van der Waals surface area contributed by atoms with Crippen molar-refractivity contribution in [2.45, 2.75) is 12.2 Å². The van der Waals surface area contributed by atoms with Gasteiger partial charge in [-0.25, -0.2) is 0 Å². The third-order valence-electron chi connectivity index (χ3n) is 0.689. The van der Waals surface area contributed by atoms with Crippen LogP contribution >= 0.6 is 24.0 Å². The van der Waals surface area contributed by atoms with Gasteiger partial charge in [-0.05, 0) is 6.92 Å². The molecule has 0 amide bonds. The SMILES string of the molecule is CNC(=S)SC(C)C=O. The number of nitrogens with one attached hydrogen (secondary N) is 1. The van der Waals surface area contributed by atoms with Gasteiger partial charge in [0.2, 0.25) is 0 Å². The van der Waals surface area contributed by atoms with Crippen LogP contribution in [-0.4, -0.2) is 22.9 Å². The van der Waals surface area contributed by atoms with Crippen LogP contribution in [0.1, 0.15) is 6.92 Å². The van der Waals surface area contributed by atoms with E-state index in [0.29, 0.717) is 4.32 Å². The summed E-state index contributed by atoms with van der Waals surface area (Å²) < 4.78 is 0.662. The highest BCUT2D eigenvalue weighted by Crippen LogP contribution is 2.07. The minimum absolute atomic E-state index is 0.0371. The Bertz CT molecular complexity index is 116. The number of carbonyl (C=O) groups is 1. The van der Waals surface area contributed by atoms with Crippen molar-refractivity contribution in [3.05, 3.63) is 0 Å². The molecule has 0 saturated heterocycles. The summed E-state index contributed by atoms with van der Waals surface area (Å²) in [5.41, 5.74) is 0. The first-order valence-corrected chi connectivity index (χ1v) is 3.83. The highest BCUT2D eigenvalue weighted by Gasteiger charge is 2.01. The van der Waals surface area contributed by atoms with Gasteiger partial charge in [-0.3, -0.25) is 0 Å². The Morgan fingerprint density at radius 3 is 2.78 bits per heavy atom. The molecule has 0 aromatic heterocycles. The maximum atomic E-state index is 10.0. The predicted octanol–water partition coefficient (Wildman–Crippen LogP) is 0.811. The molecule has 0 bridgehead atoms. The zero-order valence-electron chi connectivity index (χ0n) is 5.38. The molecule has 0 fully saturated rings. The highest BCUT2D eigenvalue weighted by molar-refractivity contribution is 8.23. The molecule has 0 aliphatic carbocycles. The highest BCUT2D eigenvalue weighted by atomic mass is 32.2.